The molecule has 20 heavy (non-hydrogen) atoms. The maximum Gasteiger partial charge on any atom is 0.239 e. The van der Waals surface area contributed by atoms with E-state index in [2.05, 4.69) is 10.5 Å². The summed E-state index contributed by atoms with van der Waals surface area (Å²) in [7, 11) is -3.33. The third kappa shape index (κ3) is 3.92. The number of rotatable bonds is 4. The quantitative estimate of drug-likeness (QED) is 0.925. The van der Waals surface area contributed by atoms with Gasteiger partial charge in [0.2, 0.25) is 5.91 Å². The van der Waals surface area contributed by atoms with E-state index in [1.807, 2.05) is 6.92 Å². The van der Waals surface area contributed by atoms with Gasteiger partial charge in [0, 0.05) is 23.6 Å². The smallest absolute Gasteiger partial charge is 0.239 e. The van der Waals surface area contributed by atoms with Gasteiger partial charge in [0.25, 0.3) is 0 Å². The van der Waals surface area contributed by atoms with Crippen molar-refractivity contribution in [2.45, 2.75) is 6.92 Å². The summed E-state index contributed by atoms with van der Waals surface area (Å²) < 4.78 is 27.1. The van der Waals surface area contributed by atoms with E-state index in [0.29, 0.717) is 11.4 Å². The topological polar surface area (TPSA) is 89.3 Å². The van der Waals surface area contributed by atoms with E-state index in [9.17, 15) is 13.2 Å². The number of hydrogen-bond acceptors (Lipinski definition) is 5. The number of nitrogens with one attached hydrogen (secondary N) is 1. The number of hydrogen-bond donors (Lipinski definition) is 1. The number of aryl methyl sites for hydroxylation is 1. The van der Waals surface area contributed by atoms with Gasteiger partial charge in [0.1, 0.15) is 5.75 Å². The van der Waals surface area contributed by atoms with Crippen LogP contribution < -0.4 is 5.32 Å². The number of anilines is 1. The fourth-order valence-corrected chi connectivity index (χ4v) is 2.20. The van der Waals surface area contributed by atoms with Crippen molar-refractivity contribution in [2.75, 3.05) is 17.3 Å². The highest BCUT2D eigenvalue weighted by molar-refractivity contribution is 7.91. The van der Waals surface area contributed by atoms with Gasteiger partial charge < -0.3 is 9.84 Å². The van der Waals surface area contributed by atoms with Crippen LogP contribution in [0.2, 0.25) is 0 Å². The molecular weight excluding hydrogens is 280 g/mol. The standard InChI is InChI=1S/C13H14N2O4S/c1-9-7-12(19-15-9)10-3-5-11(6-4-10)14-13(16)8-20(2,17)18/h3-7H,8H2,1-2H3,(H,14,16). The first kappa shape index (κ1) is 14.3. The van der Waals surface area contributed by atoms with Crippen molar-refractivity contribution in [3.05, 3.63) is 36.0 Å². The predicted octanol–water partition coefficient (Wildman–Crippen LogP) is 1.63. The minimum absolute atomic E-state index is 0.527. The Kier molecular flexibility index (Phi) is 3.89. The van der Waals surface area contributed by atoms with Crippen LogP contribution >= 0.6 is 0 Å². The lowest BCUT2D eigenvalue weighted by atomic mass is 10.1. The molecule has 6 nitrogen and oxygen atoms in total. The molecule has 0 spiro atoms. The normalized spacial score (nSPS) is 11.3. The van der Waals surface area contributed by atoms with Crippen LogP contribution in [0.1, 0.15) is 5.69 Å². The molecular formula is C13H14N2O4S. The largest absolute Gasteiger partial charge is 0.356 e. The van der Waals surface area contributed by atoms with Crippen molar-refractivity contribution in [3.63, 3.8) is 0 Å². The van der Waals surface area contributed by atoms with Crippen LogP contribution in [0.5, 0.6) is 0 Å². The Bertz CT molecular complexity index is 717. The minimum Gasteiger partial charge on any atom is -0.356 e. The molecule has 0 bridgehead atoms. The van der Waals surface area contributed by atoms with Crippen molar-refractivity contribution >= 4 is 21.4 Å². The van der Waals surface area contributed by atoms with E-state index in [1.165, 1.54) is 0 Å². The highest BCUT2D eigenvalue weighted by Gasteiger charge is 2.11. The molecule has 0 radical (unpaired) electrons. The highest BCUT2D eigenvalue weighted by atomic mass is 32.2. The maximum absolute atomic E-state index is 11.5. The Balaban J connectivity index is 2.07. The SMILES string of the molecule is Cc1cc(-c2ccc(NC(=O)CS(C)(=O)=O)cc2)on1. The molecule has 7 heteroatoms. The van der Waals surface area contributed by atoms with Crippen LogP contribution in [-0.2, 0) is 14.6 Å². The van der Waals surface area contributed by atoms with Gasteiger partial charge >= 0.3 is 0 Å². The van der Waals surface area contributed by atoms with Crippen molar-refractivity contribution in [1.82, 2.24) is 5.16 Å². The number of aromatic nitrogens is 1. The zero-order valence-corrected chi connectivity index (χ0v) is 11.9. The summed E-state index contributed by atoms with van der Waals surface area (Å²) >= 11 is 0. The molecule has 106 valence electrons. The van der Waals surface area contributed by atoms with Gasteiger partial charge in [-0.1, -0.05) is 5.16 Å². The molecule has 0 saturated carbocycles. The van der Waals surface area contributed by atoms with Crippen LogP contribution in [0.15, 0.2) is 34.9 Å². The van der Waals surface area contributed by atoms with E-state index in [1.54, 1.807) is 30.3 Å². The summed E-state index contributed by atoms with van der Waals surface area (Å²) in [5.74, 6) is -0.456. The van der Waals surface area contributed by atoms with Gasteiger partial charge in [-0.05, 0) is 31.2 Å². The van der Waals surface area contributed by atoms with Crippen molar-refractivity contribution in [3.8, 4) is 11.3 Å². The van der Waals surface area contributed by atoms with Crippen molar-refractivity contribution in [2.24, 2.45) is 0 Å². The Labute approximate surface area is 116 Å². The van der Waals surface area contributed by atoms with Gasteiger partial charge in [-0.2, -0.15) is 0 Å². The molecule has 1 aromatic carbocycles. The molecule has 0 unspecified atom stereocenters. The summed E-state index contributed by atoms with van der Waals surface area (Å²) in [5.41, 5.74) is 2.14. The first-order valence-corrected chi connectivity index (χ1v) is 7.91. The number of carbonyl (C=O) groups is 1. The second kappa shape index (κ2) is 5.46. The summed E-state index contributed by atoms with van der Waals surface area (Å²) in [6, 6.07) is 8.67. The van der Waals surface area contributed by atoms with Gasteiger partial charge in [-0.15, -0.1) is 0 Å². The molecule has 0 aliphatic rings. The number of benzene rings is 1. The zero-order valence-electron chi connectivity index (χ0n) is 11.1. The summed E-state index contributed by atoms with van der Waals surface area (Å²) in [4.78, 5) is 11.5. The van der Waals surface area contributed by atoms with Gasteiger partial charge in [-0.3, -0.25) is 4.79 Å². The average Bonchev–Trinajstić information content (AvgIpc) is 2.74. The third-order valence-electron chi connectivity index (χ3n) is 2.47. The number of amides is 1. The van der Waals surface area contributed by atoms with Crippen LogP contribution in [0, 0.1) is 6.92 Å². The molecule has 1 aromatic heterocycles. The van der Waals surface area contributed by atoms with Crippen LogP contribution in [0.3, 0.4) is 0 Å². The molecule has 0 saturated heterocycles. The maximum atomic E-state index is 11.5. The van der Waals surface area contributed by atoms with Gasteiger partial charge in [0.15, 0.2) is 15.6 Å². The van der Waals surface area contributed by atoms with E-state index < -0.39 is 21.5 Å². The third-order valence-corrected chi connectivity index (χ3v) is 3.26. The summed E-state index contributed by atoms with van der Waals surface area (Å²) in [5, 5.41) is 6.31. The average molecular weight is 294 g/mol. The summed E-state index contributed by atoms with van der Waals surface area (Å²) in [6.45, 7) is 1.83. The van der Waals surface area contributed by atoms with Gasteiger partial charge in [-0.25, -0.2) is 8.42 Å². The minimum atomic E-state index is -3.33. The molecule has 0 fully saturated rings. The fraction of sp³-hybridized carbons (Fsp3) is 0.231. The molecule has 0 aliphatic heterocycles. The lowest BCUT2D eigenvalue weighted by Gasteiger charge is -2.04. The zero-order chi connectivity index (χ0) is 14.8. The van der Waals surface area contributed by atoms with Crippen molar-refractivity contribution in [1.29, 1.82) is 0 Å². The van der Waals surface area contributed by atoms with E-state index in [0.717, 1.165) is 17.5 Å². The second-order valence-corrected chi connectivity index (χ2v) is 6.67. The first-order valence-electron chi connectivity index (χ1n) is 5.85. The predicted molar refractivity (Wildman–Crippen MR) is 75.0 cm³/mol. The number of sulfone groups is 1. The summed E-state index contributed by atoms with van der Waals surface area (Å²) in [6.07, 6.45) is 1.02. The second-order valence-electron chi connectivity index (χ2n) is 4.53. The van der Waals surface area contributed by atoms with Gasteiger partial charge in [0.05, 0.1) is 5.69 Å². The highest BCUT2D eigenvalue weighted by Crippen LogP contribution is 2.22. The fourth-order valence-electron chi connectivity index (χ4n) is 1.65. The Morgan fingerprint density at radius 2 is 1.95 bits per heavy atom. The molecule has 0 atom stereocenters. The Hall–Kier alpha value is -2.15. The Morgan fingerprint density at radius 3 is 2.45 bits per heavy atom. The van der Waals surface area contributed by atoms with E-state index >= 15 is 0 Å². The molecule has 1 N–H and O–H groups in total. The van der Waals surface area contributed by atoms with Crippen LogP contribution in [0.4, 0.5) is 5.69 Å². The molecule has 1 heterocycles. The molecule has 1 amide bonds. The lowest BCUT2D eigenvalue weighted by molar-refractivity contribution is -0.113. The Morgan fingerprint density at radius 1 is 1.30 bits per heavy atom. The lowest BCUT2D eigenvalue weighted by Crippen LogP contribution is -2.21. The number of nitrogens with zero attached hydrogens (tertiary/aromatic N) is 1. The number of carbonyl (C=O) groups excluding carboxylic acids is 1. The van der Waals surface area contributed by atoms with Crippen LogP contribution in [-0.4, -0.2) is 31.5 Å². The molecule has 0 aliphatic carbocycles. The van der Waals surface area contributed by atoms with Crippen molar-refractivity contribution < 1.29 is 17.7 Å². The van der Waals surface area contributed by atoms with E-state index in [4.69, 9.17) is 4.52 Å². The van der Waals surface area contributed by atoms with E-state index in [-0.39, 0.29) is 0 Å². The first-order chi connectivity index (χ1) is 9.33. The van der Waals surface area contributed by atoms with Crippen LogP contribution in [0.25, 0.3) is 11.3 Å². The molecule has 2 aromatic rings. The molecule has 2 rings (SSSR count). The monoisotopic (exact) mass is 294 g/mol.